The normalized spacial score (nSPS) is 20.2. The molecule has 2 saturated heterocycles. The van der Waals surface area contributed by atoms with E-state index in [1.54, 1.807) is 29.3 Å². The lowest BCUT2D eigenvalue weighted by Crippen LogP contribution is -2.55. The number of amides is 2. The summed E-state index contributed by atoms with van der Waals surface area (Å²) < 4.78 is 1.95. The summed E-state index contributed by atoms with van der Waals surface area (Å²) in [4.78, 5) is 30.3. The van der Waals surface area contributed by atoms with Crippen LogP contribution in [0.2, 0.25) is 0 Å². The van der Waals surface area contributed by atoms with Crippen LogP contribution in [0.3, 0.4) is 0 Å². The van der Waals surface area contributed by atoms with Gasteiger partial charge in [0, 0.05) is 48.4 Å². The number of piperidine rings is 1. The zero-order chi connectivity index (χ0) is 33.0. The predicted molar refractivity (Wildman–Crippen MR) is 176 cm³/mol. The second-order valence-electron chi connectivity index (χ2n) is 14.0. The highest BCUT2D eigenvalue weighted by Gasteiger charge is 2.40. The number of β-amino-alcohol motifs (C(OH)–C–C–N with tert-alkyl or cyclic N) is 1. The molecule has 2 amide bonds. The number of nitrogens with zero attached hydrogens (tertiary/aromatic N) is 6. The number of nitrogen functional groups attached to an aromatic ring is 1. The lowest BCUT2D eigenvalue weighted by molar-refractivity contribution is -0.140. The van der Waals surface area contributed by atoms with Gasteiger partial charge < -0.3 is 31.1 Å². The highest BCUT2D eigenvalue weighted by molar-refractivity contribution is 5.88. The molecule has 2 aromatic heterocycles. The first-order valence-electron chi connectivity index (χ1n) is 16.3. The van der Waals surface area contributed by atoms with Crippen molar-refractivity contribution in [2.45, 2.75) is 84.5 Å². The number of nitrogens with two attached hydrogens (primary N) is 1. The summed E-state index contributed by atoms with van der Waals surface area (Å²) in [5.41, 5.74) is 8.44. The maximum Gasteiger partial charge on any atom is 0.246 e. The monoisotopic (exact) mass is 632 g/mol. The molecule has 248 valence electrons. The SMILES string of the molecule is C[C@@H]1C[C@@H](O)CN1C(=O)[C@@H](NC(=O)CCCN1CCC(Cn2cc(-c3cc(-c4ccccc4O)nnc3N)cn2)CC1)C(C)(C)C. The van der Waals surface area contributed by atoms with E-state index >= 15 is 0 Å². The fourth-order valence-corrected chi connectivity index (χ4v) is 6.53. The quantitative estimate of drug-likeness (QED) is 0.263. The summed E-state index contributed by atoms with van der Waals surface area (Å²) in [6.07, 6.45) is 7.00. The van der Waals surface area contributed by atoms with Crippen LogP contribution in [0, 0.1) is 11.3 Å². The summed E-state index contributed by atoms with van der Waals surface area (Å²) in [6.45, 7) is 11.7. The van der Waals surface area contributed by atoms with Gasteiger partial charge in [0.05, 0.1) is 18.0 Å². The van der Waals surface area contributed by atoms with Crippen molar-refractivity contribution in [1.82, 2.24) is 35.1 Å². The van der Waals surface area contributed by atoms with Gasteiger partial charge in [0.2, 0.25) is 11.8 Å². The molecule has 2 aliphatic rings. The molecule has 46 heavy (non-hydrogen) atoms. The van der Waals surface area contributed by atoms with Crippen molar-refractivity contribution in [2.24, 2.45) is 11.3 Å². The number of hydrogen-bond donors (Lipinski definition) is 4. The second kappa shape index (κ2) is 14.2. The first-order valence-corrected chi connectivity index (χ1v) is 16.3. The number of phenols is 1. The number of benzene rings is 1. The van der Waals surface area contributed by atoms with Gasteiger partial charge in [-0.1, -0.05) is 32.9 Å². The molecule has 2 fully saturated rings. The first-order chi connectivity index (χ1) is 21.9. The summed E-state index contributed by atoms with van der Waals surface area (Å²) in [6, 6.07) is 8.17. The highest BCUT2D eigenvalue weighted by atomic mass is 16.3. The molecule has 0 saturated carbocycles. The molecule has 3 atom stereocenters. The molecular formula is C34H48N8O4. The van der Waals surface area contributed by atoms with E-state index < -0.39 is 17.6 Å². The summed E-state index contributed by atoms with van der Waals surface area (Å²) in [7, 11) is 0. The largest absolute Gasteiger partial charge is 0.507 e. The molecule has 0 spiro atoms. The van der Waals surface area contributed by atoms with E-state index in [9.17, 15) is 19.8 Å². The van der Waals surface area contributed by atoms with Crippen molar-refractivity contribution >= 4 is 17.6 Å². The van der Waals surface area contributed by atoms with Crippen LogP contribution in [0.1, 0.15) is 59.8 Å². The highest BCUT2D eigenvalue weighted by Crippen LogP contribution is 2.32. The van der Waals surface area contributed by atoms with Gasteiger partial charge in [0.25, 0.3) is 0 Å². The molecule has 2 aliphatic heterocycles. The van der Waals surface area contributed by atoms with Gasteiger partial charge in [-0.05, 0) is 81.8 Å². The van der Waals surface area contributed by atoms with Crippen LogP contribution >= 0.6 is 0 Å². The molecule has 4 heterocycles. The van der Waals surface area contributed by atoms with Crippen LogP contribution in [0.15, 0.2) is 42.7 Å². The molecule has 0 unspecified atom stereocenters. The minimum Gasteiger partial charge on any atom is -0.507 e. The maximum absolute atomic E-state index is 13.3. The number of anilines is 1. The van der Waals surface area contributed by atoms with Gasteiger partial charge in [-0.25, -0.2) is 0 Å². The molecule has 5 rings (SSSR count). The standard InChI is InChI=1S/C34H48N8O4/c1-22-16-25(43)21-42(22)33(46)31(34(2,3)4)37-30(45)10-7-13-40-14-11-23(12-15-40)19-41-20-24(18-36-41)27-17-28(38-39-32(27)35)26-8-5-6-9-29(26)44/h5-6,8-9,17-18,20,22-23,25,31,43-44H,7,10-16,19,21H2,1-4H3,(H2,35,39)(H,37,45)/t22-,25-,31-/m1/s1. The summed E-state index contributed by atoms with van der Waals surface area (Å²) >= 11 is 0. The Morgan fingerprint density at radius 2 is 1.87 bits per heavy atom. The molecular weight excluding hydrogens is 584 g/mol. The Balaban J connectivity index is 1.07. The molecule has 0 aliphatic carbocycles. The van der Waals surface area contributed by atoms with E-state index in [4.69, 9.17) is 5.73 Å². The Hall–Kier alpha value is -4.03. The van der Waals surface area contributed by atoms with Crippen LogP contribution < -0.4 is 11.1 Å². The number of aliphatic hydroxyl groups excluding tert-OH is 1. The Morgan fingerprint density at radius 3 is 2.54 bits per heavy atom. The van der Waals surface area contributed by atoms with Gasteiger partial charge in [-0.2, -0.15) is 5.10 Å². The minimum atomic E-state index is -0.628. The Bertz CT molecular complexity index is 1510. The molecule has 0 bridgehead atoms. The molecule has 3 aromatic rings. The lowest BCUT2D eigenvalue weighted by atomic mass is 9.85. The van der Waals surface area contributed by atoms with E-state index in [0.29, 0.717) is 42.4 Å². The van der Waals surface area contributed by atoms with Gasteiger partial charge in [0.15, 0.2) is 5.82 Å². The number of para-hydroxylation sites is 1. The van der Waals surface area contributed by atoms with Crippen molar-refractivity contribution in [2.75, 3.05) is 31.9 Å². The average molecular weight is 633 g/mol. The third kappa shape index (κ3) is 8.03. The van der Waals surface area contributed by atoms with Gasteiger partial charge >= 0.3 is 0 Å². The number of carbonyl (C=O) groups is 2. The second-order valence-corrected chi connectivity index (χ2v) is 14.0. The van der Waals surface area contributed by atoms with Crippen molar-refractivity contribution in [3.8, 4) is 28.1 Å². The Kier molecular flexibility index (Phi) is 10.3. The van der Waals surface area contributed by atoms with Crippen LogP contribution in [0.5, 0.6) is 5.75 Å². The molecule has 5 N–H and O–H groups in total. The lowest BCUT2D eigenvalue weighted by Gasteiger charge is -2.35. The predicted octanol–water partition coefficient (Wildman–Crippen LogP) is 3.30. The summed E-state index contributed by atoms with van der Waals surface area (Å²) in [5, 5.41) is 36.1. The fraction of sp³-hybridized carbons (Fsp3) is 0.559. The zero-order valence-corrected chi connectivity index (χ0v) is 27.4. The van der Waals surface area contributed by atoms with Crippen LogP contribution in [0.25, 0.3) is 22.4 Å². The fourth-order valence-electron chi connectivity index (χ4n) is 6.53. The van der Waals surface area contributed by atoms with E-state index in [1.165, 1.54) is 0 Å². The number of rotatable bonds is 10. The number of aliphatic hydroxyl groups is 1. The third-order valence-electron chi connectivity index (χ3n) is 9.23. The van der Waals surface area contributed by atoms with Crippen molar-refractivity contribution < 1.29 is 19.8 Å². The number of nitrogens with one attached hydrogen (secondary N) is 1. The van der Waals surface area contributed by atoms with Gasteiger partial charge in [-0.3, -0.25) is 14.3 Å². The van der Waals surface area contributed by atoms with Crippen LogP contribution in [-0.2, 0) is 16.1 Å². The number of likely N-dealkylation sites (tertiary alicyclic amines) is 2. The topological polar surface area (TPSA) is 163 Å². The number of phenolic OH excluding ortho intramolecular Hbond substituents is 1. The van der Waals surface area contributed by atoms with Gasteiger partial charge in [-0.15, -0.1) is 10.2 Å². The van der Waals surface area contributed by atoms with E-state index in [1.807, 2.05) is 50.7 Å². The van der Waals surface area contributed by atoms with E-state index in [0.717, 1.165) is 56.6 Å². The van der Waals surface area contributed by atoms with Gasteiger partial charge in [0.1, 0.15) is 11.8 Å². The van der Waals surface area contributed by atoms with Crippen LogP contribution in [-0.4, -0.2) is 96.2 Å². The maximum atomic E-state index is 13.3. The Morgan fingerprint density at radius 1 is 1.13 bits per heavy atom. The van der Waals surface area contributed by atoms with Crippen molar-refractivity contribution in [3.05, 3.63) is 42.7 Å². The van der Waals surface area contributed by atoms with Crippen molar-refractivity contribution in [3.63, 3.8) is 0 Å². The molecule has 1 aromatic carbocycles. The molecule has 0 radical (unpaired) electrons. The van der Waals surface area contributed by atoms with Crippen LogP contribution in [0.4, 0.5) is 5.82 Å². The number of hydrogen-bond acceptors (Lipinski definition) is 9. The van der Waals surface area contributed by atoms with Crippen molar-refractivity contribution in [1.29, 1.82) is 0 Å². The van der Waals surface area contributed by atoms with E-state index in [2.05, 4.69) is 25.5 Å². The third-order valence-corrected chi connectivity index (χ3v) is 9.23. The zero-order valence-electron chi connectivity index (χ0n) is 27.4. The minimum absolute atomic E-state index is 0.0376. The molecule has 12 nitrogen and oxygen atoms in total. The summed E-state index contributed by atoms with van der Waals surface area (Å²) in [5.74, 6) is 0.704. The number of carbonyl (C=O) groups excluding carboxylic acids is 2. The first kappa shape index (κ1) is 33.3. The van der Waals surface area contributed by atoms with E-state index in [-0.39, 0.29) is 23.6 Å². The molecule has 12 heteroatoms. The number of aromatic nitrogens is 4. The Labute approximate surface area is 271 Å². The smallest absolute Gasteiger partial charge is 0.246 e. The number of aromatic hydroxyl groups is 1. The average Bonchev–Trinajstić information content (AvgIpc) is 3.61.